The van der Waals surface area contributed by atoms with E-state index in [1.165, 1.54) is 24.3 Å². The second-order valence-electron chi connectivity index (χ2n) is 4.51. The molecule has 2 aromatic rings. The Labute approximate surface area is 115 Å². The van der Waals surface area contributed by atoms with Gasteiger partial charge < -0.3 is 10.6 Å². The summed E-state index contributed by atoms with van der Waals surface area (Å²) in [4.78, 5) is 11.7. The zero-order valence-electron chi connectivity index (χ0n) is 11.1. The first-order chi connectivity index (χ1) is 9.45. The van der Waals surface area contributed by atoms with Crippen LogP contribution in [0, 0.1) is 25.5 Å². The molecule has 0 aromatic heterocycles. The quantitative estimate of drug-likeness (QED) is 0.847. The highest BCUT2D eigenvalue weighted by atomic mass is 19.1. The minimum atomic E-state index is -0.515. The number of rotatable bonds is 2. The minimum absolute atomic E-state index is 0.337. The average molecular weight is 276 g/mol. The summed E-state index contributed by atoms with van der Waals surface area (Å²) in [5, 5.41) is 5.06. The van der Waals surface area contributed by atoms with Crippen LogP contribution in [0.3, 0.4) is 0 Å². The fourth-order valence-corrected chi connectivity index (χ4v) is 1.69. The zero-order chi connectivity index (χ0) is 14.7. The van der Waals surface area contributed by atoms with Crippen LogP contribution < -0.4 is 10.6 Å². The summed E-state index contributed by atoms with van der Waals surface area (Å²) in [6.07, 6.45) is 0. The van der Waals surface area contributed by atoms with Gasteiger partial charge in [-0.05, 0) is 55.3 Å². The first kappa shape index (κ1) is 14.0. The first-order valence-electron chi connectivity index (χ1n) is 6.06. The first-order valence-corrected chi connectivity index (χ1v) is 6.06. The highest BCUT2D eigenvalue weighted by molar-refractivity contribution is 5.99. The van der Waals surface area contributed by atoms with E-state index in [0.717, 1.165) is 0 Å². The highest BCUT2D eigenvalue weighted by Crippen LogP contribution is 2.16. The van der Waals surface area contributed by atoms with Crippen molar-refractivity contribution in [1.29, 1.82) is 0 Å². The van der Waals surface area contributed by atoms with Crippen molar-refractivity contribution in [2.24, 2.45) is 0 Å². The summed E-state index contributed by atoms with van der Waals surface area (Å²) in [7, 11) is 0. The molecular weight excluding hydrogens is 262 g/mol. The van der Waals surface area contributed by atoms with Crippen molar-refractivity contribution >= 4 is 17.4 Å². The van der Waals surface area contributed by atoms with Crippen LogP contribution in [-0.4, -0.2) is 6.03 Å². The van der Waals surface area contributed by atoms with Crippen molar-refractivity contribution in [3.05, 3.63) is 59.2 Å². The standard InChI is InChI=1S/C15H14F2N2O/c1-9-3-4-12(8-14(9)17)19-15(20)18-11-5-6-13(16)10(2)7-11/h3-8H,1-2H3,(H2,18,19,20). The number of halogens is 2. The molecule has 0 atom stereocenters. The molecule has 2 aromatic carbocycles. The van der Waals surface area contributed by atoms with Crippen LogP contribution in [0.4, 0.5) is 25.0 Å². The number of carbonyl (C=O) groups is 1. The fraction of sp³-hybridized carbons (Fsp3) is 0.133. The fourth-order valence-electron chi connectivity index (χ4n) is 1.69. The lowest BCUT2D eigenvalue weighted by atomic mass is 10.2. The van der Waals surface area contributed by atoms with Crippen LogP contribution in [0.2, 0.25) is 0 Å². The van der Waals surface area contributed by atoms with Gasteiger partial charge in [-0.25, -0.2) is 13.6 Å². The van der Waals surface area contributed by atoms with Crippen LogP contribution in [0.15, 0.2) is 36.4 Å². The maximum absolute atomic E-state index is 13.3. The number of benzene rings is 2. The SMILES string of the molecule is Cc1cc(NC(=O)Nc2ccc(C)c(F)c2)ccc1F. The lowest BCUT2D eigenvalue weighted by Crippen LogP contribution is -2.19. The molecule has 0 heterocycles. The van der Waals surface area contributed by atoms with E-state index in [1.54, 1.807) is 26.0 Å². The van der Waals surface area contributed by atoms with Crippen molar-refractivity contribution in [2.45, 2.75) is 13.8 Å². The van der Waals surface area contributed by atoms with Crippen molar-refractivity contribution in [2.75, 3.05) is 10.6 Å². The van der Waals surface area contributed by atoms with E-state index in [-0.39, 0.29) is 11.6 Å². The third-order valence-electron chi connectivity index (χ3n) is 2.85. The molecule has 2 rings (SSSR count). The van der Waals surface area contributed by atoms with Crippen LogP contribution in [-0.2, 0) is 0 Å². The predicted octanol–water partition coefficient (Wildman–Crippen LogP) is 4.23. The van der Waals surface area contributed by atoms with Gasteiger partial charge >= 0.3 is 6.03 Å². The Hall–Kier alpha value is -2.43. The van der Waals surface area contributed by atoms with Gasteiger partial charge in [0, 0.05) is 11.4 Å². The van der Waals surface area contributed by atoms with Crippen LogP contribution in [0.5, 0.6) is 0 Å². The maximum Gasteiger partial charge on any atom is 0.323 e. The molecule has 104 valence electrons. The summed E-state index contributed by atoms with van der Waals surface area (Å²) in [5.74, 6) is -0.725. The number of aryl methyl sites for hydroxylation is 2. The molecule has 0 saturated heterocycles. The van der Waals surface area contributed by atoms with Crippen molar-refractivity contribution in [3.63, 3.8) is 0 Å². The number of anilines is 2. The van der Waals surface area contributed by atoms with Crippen LogP contribution >= 0.6 is 0 Å². The highest BCUT2D eigenvalue weighted by Gasteiger charge is 2.06. The Morgan fingerprint density at radius 2 is 1.45 bits per heavy atom. The van der Waals surface area contributed by atoms with E-state index in [2.05, 4.69) is 10.6 Å². The molecule has 0 fully saturated rings. The molecule has 5 heteroatoms. The van der Waals surface area contributed by atoms with E-state index < -0.39 is 6.03 Å². The maximum atomic E-state index is 13.3. The largest absolute Gasteiger partial charge is 0.323 e. The normalized spacial score (nSPS) is 10.2. The Balaban J connectivity index is 2.04. The predicted molar refractivity (Wildman–Crippen MR) is 74.9 cm³/mol. The molecule has 0 aliphatic heterocycles. The van der Waals surface area contributed by atoms with Crippen LogP contribution in [0.25, 0.3) is 0 Å². The van der Waals surface area contributed by atoms with Crippen molar-refractivity contribution < 1.29 is 13.6 Å². The molecule has 3 nitrogen and oxygen atoms in total. The third-order valence-corrected chi connectivity index (χ3v) is 2.85. The van der Waals surface area contributed by atoms with E-state index >= 15 is 0 Å². The second kappa shape index (κ2) is 5.69. The Bertz CT molecular complexity index is 601. The molecular formula is C15H14F2N2O. The number of carbonyl (C=O) groups excluding carboxylic acids is 1. The van der Waals surface area contributed by atoms with E-state index in [1.807, 2.05) is 0 Å². The zero-order valence-corrected chi connectivity index (χ0v) is 11.1. The average Bonchev–Trinajstić information content (AvgIpc) is 2.38. The van der Waals surface area contributed by atoms with Gasteiger partial charge in [-0.3, -0.25) is 0 Å². The number of hydrogen-bond donors (Lipinski definition) is 2. The van der Waals surface area contributed by atoms with Crippen molar-refractivity contribution in [1.82, 2.24) is 0 Å². The third kappa shape index (κ3) is 3.32. The van der Waals surface area contributed by atoms with Gasteiger partial charge in [-0.2, -0.15) is 0 Å². The van der Waals surface area contributed by atoms with Gasteiger partial charge in [0.2, 0.25) is 0 Å². The molecule has 0 aliphatic rings. The van der Waals surface area contributed by atoms with E-state index in [9.17, 15) is 13.6 Å². The summed E-state index contributed by atoms with van der Waals surface area (Å²) in [6.45, 7) is 3.24. The summed E-state index contributed by atoms with van der Waals surface area (Å²) >= 11 is 0. The Morgan fingerprint density at radius 3 is 2.05 bits per heavy atom. The molecule has 0 bridgehead atoms. The van der Waals surface area contributed by atoms with Gasteiger partial charge in [0.15, 0.2) is 0 Å². The molecule has 0 spiro atoms. The lowest BCUT2D eigenvalue weighted by Gasteiger charge is -2.09. The number of nitrogens with one attached hydrogen (secondary N) is 2. The number of urea groups is 1. The topological polar surface area (TPSA) is 41.1 Å². The van der Waals surface area contributed by atoms with E-state index in [4.69, 9.17) is 0 Å². The lowest BCUT2D eigenvalue weighted by molar-refractivity contribution is 0.262. The van der Waals surface area contributed by atoms with Gasteiger partial charge in [-0.15, -0.1) is 0 Å². The smallest absolute Gasteiger partial charge is 0.308 e. The molecule has 0 aliphatic carbocycles. The van der Waals surface area contributed by atoms with Gasteiger partial charge in [-0.1, -0.05) is 6.07 Å². The number of hydrogen-bond acceptors (Lipinski definition) is 1. The molecule has 20 heavy (non-hydrogen) atoms. The molecule has 0 unspecified atom stereocenters. The Morgan fingerprint density at radius 1 is 0.850 bits per heavy atom. The monoisotopic (exact) mass is 276 g/mol. The molecule has 0 saturated carbocycles. The molecule has 0 radical (unpaired) electrons. The minimum Gasteiger partial charge on any atom is -0.308 e. The van der Waals surface area contributed by atoms with Gasteiger partial charge in [0.25, 0.3) is 0 Å². The summed E-state index contributed by atoms with van der Waals surface area (Å²) in [5.41, 5.74) is 1.76. The summed E-state index contributed by atoms with van der Waals surface area (Å²) in [6, 6.07) is 8.16. The molecule has 2 N–H and O–H groups in total. The molecule has 2 amide bonds. The summed E-state index contributed by atoms with van der Waals surface area (Å²) < 4.78 is 26.4. The second-order valence-corrected chi connectivity index (χ2v) is 4.51. The number of amides is 2. The van der Waals surface area contributed by atoms with E-state index in [0.29, 0.717) is 22.5 Å². The van der Waals surface area contributed by atoms with Crippen molar-refractivity contribution in [3.8, 4) is 0 Å². The van der Waals surface area contributed by atoms with Crippen LogP contribution in [0.1, 0.15) is 11.1 Å². The van der Waals surface area contributed by atoms with Gasteiger partial charge in [0.05, 0.1) is 0 Å². The van der Waals surface area contributed by atoms with Gasteiger partial charge in [0.1, 0.15) is 11.6 Å². The Kier molecular flexibility index (Phi) is 3.98.